The zero-order valence-corrected chi connectivity index (χ0v) is 16.8. The maximum absolute atomic E-state index is 12.1. The summed E-state index contributed by atoms with van der Waals surface area (Å²) in [5, 5.41) is 3.39. The van der Waals surface area contributed by atoms with Crippen molar-refractivity contribution < 1.29 is 14.8 Å². The van der Waals surface area contributed by atoms with E-state index in [-0.39, 0.29) is 17.9 Å². The van der Waals surface area contributed by atoms with Gasteiger partial charge in [-0.3, -0.25) is 0 Å². The number of nitrogens with two attached hydrogens (primary N) is 1. The molecular formula is C26H25N2O2+. The molecule has 3 aromatic carbocycles. The first kappa shape index (κ1) is 18.6. The molecule has 4 aromatic rings. The van der Waals surface area contributed by atoms with E-state index in [9.17, 15) is 4.79 Å². The number of aromatic amines is 1. The van der Waals surface area contributed by atoms with Gasteiger partial charge in [-0.05, 0) is 22.8 Å². The Morgan fingerprint density at radius 2 is 1.63 bits per heavy atom. The number of hydrogen-bond donors (Lipinski definition) is 2. The minimum atomic E-state index is -0.110. The molecule has 1 aliphatic rings. The summed E-state index contributed by atoms with van der Waals surface area (Å²) in [7, 11) is 0. The van der Waals surface area contributed by atoms with Crippen LogP contribution in [0.5, 0.6) is 0 Å². The second kappa shape index (κ2) is 8.17. The molecule has 2 atom stereocenters. The second-order valence-corrected chi connectivity index (χ2v) is 7.82. The number of benzene rings is 3. The van der Waals surface area contributed by atoms with Crippen LogP contribution in [0.4, 0.5) is 0 Å². The summed E-state index contributed by atoms with van der Waals surface area (Å²) in [4.78, 5) is 15.7. The van der Waals surface area contributed by atoms with Crippen LogP contribution >= 0.6 is 0 Å². The summed E-state index contributed by atoms with van der Waals surface area (Å²) in [6.07, 6.45) is 0.778. The predicted octanol–water partition coefficient (Wildman–Crippen LogP) is 3.85. The van der Waals surface area contributed by atoms with E-state index in [0.29, 0.717) is 6.61 Å². The maximum atomic E-state index is 12.1. The number of rotatable bonds is 6. The molecule has 0 saturated carbocycles. The molecule has 2 heterocycles. The lowest BCUT2D eigenvalue weighted by Crippen LogP contribution is -2.92. The molecule has 0 unspecified atom stereocenters. The third-order valence-electron chi connectivity index (χ3n) is 5.99. The van der Waals surface area contributed by atoms with E-state index in [0.717, 1.165) is 24.2 Å². The first-order chi connectivity index (χ1) is 14.8. The van der Waals surface area contributed by atoms with Crippen LogP contribution < -0.4 is 5.32 Å². The number of quaternary nitrogens is 1. The van der Waals surface area contributed by atoms with Crippen molar-refractivity contribution in [1.82, 2.24) is 4.98 Å². The van der Waals surface area contributed by atoms with Gasteiger partial charge in [0, 0.05) is 17.3 Å². The first-order valence-corrected chi connectivity index (χ1v) is 10.5. The van der Waals surface area contributed by atoms with Gasteiger partial charge < -0.3 is 15.0 Å². The van der Waals surface area contributed by atoms with Gasteiger partial charge >= 0.3 is 5.97 Å². The highest BCUT2D eigenvalue weighted by atomic mass is 16.5. The van der Waals surface area contributed by atoms with E-state index in [1.807, 2.05) is 12.1 Å². The van der Waals surface area contributed by atoms with Crippen molar-refractivity contribution in [2.24, 2.45) is 0 Å². The average molecular weight is 397 g/mol. The van der Waals surface area contributed by atoms with E-state index >= 15 is 0 Å². The number of para-hydroxylation sites is 1. The molecule has 0 radical (unpaired) electrons. The standard InChI is InChI=1S/C26H24N2O2/c29-26-23(15-16-30-26)27-17-21(18-9-3-1-4-10-18)24-20-13-7-8-14-22(20)28-25(24)19-11-5-2-6-12-19/h1-14,21,23,27-28H,15-17H2/p+1/t21-,23-/m1/s1. The Labute approximate surface area is 175 Å². The van der Waals surface area contributed by atoms with Gasteiger partial charge in [0.15, 0.2) is 6.04 Å². The summed E-state index contributed by atoms with van der Waals surface area (Å²) < 4.78 is 5.18. The zero-order chi connectivity index (χ0) is 20.3. The highest BCUT2D eigenvalue weighted by molar-refractivity contribution is 5.92. The van der Waals surface area contributed by atoms with Crippen LogP contribution in [-0.4, -0.2) is 30.1 Å². The Morgan fingerprint density at radius 1 is 0.933 bits per heavy atom. The number of aromatic nitrogens is 1. The van der Waals surface area contributed by atoms with Gasteiger partial charge in [0.2, 0.25) is 0 Å². The molecule has 0 bridgehead atoms. The molecule has 1 saturated heterocycles. The SMILES string of the molecule is O=C1OCC[C@H]1[NH2+]C[C@H](c1ccccc1)c1c(-c2ccccc2)[nH]c2ccccc12. The second-order valence-electron chi connectivity index (χ2n) is 7.82. The molecular weight excluding hydrogens is 372 g/mol. The fourth-order valence-electron chi connectivity index (χ4n) is 4.49. The fourth-order valence-corrected chi connectivity index (χ4v) is 4.49. The van der Waals surface area contributed by atoms with Crippen molar-refractivity contribution in [3.05, 3.63) is 96.1 Å². The van der Waals surface area contributed by atoms with Crippen LogP contribution in [0.1, 0.15) is 23.5 Å². The molecule has 0 amide bonds. The summed E-state index contributed by atoms with van der Waals surface area (Å²) in [5.74, 6) is 0.0509. The van der Waals surface area contributed by atoms with Crippen LogP contribution in [0.3, 0.4) is 0 Å². The molecule has 1 fully saturated rings. The fraction of sp³-hybridized carbons (Fsp3) is 0.192. The normalized spacial score (nSPS) is 17.2. The Hall–Kier alpha value is -3.37. The van der Waals surface area contributed by atoms with Gasteiger partial charge in [0.25, 0.3) is 0 Å². The Bertz CT molecular complexity index is 1150. The maximum Gasteiger partial charge on any atom is 0.364 e. The lowest BCUT2D eigenvalue weighted by molar-refractivity contribution is -0.677. The minimum Gasteiger partial charge on any atom is -0.461 e. The monoisotopic (exact) mass is 397 g/mol. The van der Waals surface area contributed by atoms with Crippen LogP contribution in [0.15, 0.2) is 84.9 Å². The molecule has 150 valence electrons. The van der Waals surface area contributed by atoms with Gasteiger partial charge in [-0.2, -0.15) is 0 Å². The van der Waals surface area contributed by atoms with Crippen LogP contribution in [0.25, 0.3) is 22.2 Å². The smallest absolute Gasteiger partial charge is 0.364 e. The van der Waals surface area contributed by atoms with E-state index in [1.54, 1.807) is 0 Å². The molecule has 1 aromatic heterocycles. The summed E-state index contributed by atoms with van der Waals surface area (Å²) >= 11 is 0. The van der Waals surface area contributed by atoms with Crippen molar-refractivity contribution in [2.75, 3.05) is 13.2 Å². The van der Waals surface area contributed by atoms with E-state index in [1.165, 1.54) is 22.1 Å². The topological polar surface area (TPSA) is 58.7 Å². The van der Waals surface area contributed by atoms with E-state index in [4.69, 9.17) is 4.74 Å². The highest BCUT2D eigenvalue weighted by Gasteiger charge is 2.32. The van der Waals surface area contributed by atoms with Gasteiger partial charge in [0.1, 0.15) is 0 Å². The number of carbonyl (C=O) groups is 1. The molecule has 1 aliphatic heterocycles. The van der Waals surface area contributed by atoms with Crippen molar-refractivity contribution in [3.8, 4) is 11.3 Å². The number of carbonyl (C=O) groups excluding carboxylic acids is 1. The van der Waals surface area contributed by atoms with E-state index < -0.39 is 0 Å². The number of H-pyrrole nitrogens is 1. The van der Waals surface area contributed by atoms with Crippen molar-refractivity contribution in [3.63, 3.8) is 0 Å². The van der Waals surface area contributed by atoms with Gasteiger partial charge in [0.05, 0.1) is 24.8 Å². The molecule has 30 heavy (non-hydrogen) atoms. The summed E-state index contributed by atoms with van der Waals surface area (Å²) in [5.41, 5.74) is 5.98. The quantitative estimate of drug-likeness (QED) is 0.486. The largest absolute Gasteiger partial charge is 0.461 e. The number of cyclic esters (lactones) is 1. The van der Waals surface area contributed by atoms with Gasteiger partial charge in [-0.1, -0.05) is 78.9 Å². The Kier molecular flexibility index (Phi) is 5.08. The zero-order valence-electron chi connectivity index (χ0n) is 16.8. The first-order valence-electron chi connectivity index (χ1n) is 10.5. The van der Waals surface area contributed by atoms with Gasteiger partial charge in [-0.25, -0.2) is 4.79 Å². The number of ether oxygens (including phenoxy) is 1. The Morgan fingerprint density at radius 3 is 2.37 bits per heavy atom. The van der Waals surface area contributed by atoms with Crippen LogP contribution in [-0.2, 0) is 9.53 Å². The lowest BCUT2D eigenvalue weighted by atomic mass is 9.87. The third-order valence-corrected chi connectivity index (χ3v) is 5.99. The molecule has 4 nitrogen and oxygen atoms in total. The van der Waals surface area contributed by atoms with Crippen molar-refractivity contribution in [2.45, 2.75) is 18.4 Å². The van der Waals surface area contributed by atoms with Crippen LogP contribution in [0.2, 0.25) is 0 Å². The molecule has 4 heteroatoms. The molecule has 0 aliphatic carbocycles. The van der Waals surface area contributed by atoms with Gasteiger partial charge in [-0.15, -0.1) is 0 Å². The number of fused-ring (bicyclic) bond motifs is 1. The number of hydrogen-bond acceptors (Lipinski definition) is 2. The third kappa shape index (κ3) is 3.51. The minimum absolute atomic E-state index is 0.0935. The Balaban J connectivity index is 1.64. The number of nitrogens with one attached hydrogen (secondary N) is 1. The van der Waals surface area contributed by atoms with E-state index in [2.05, 4.69) is 83.1 Å². The van der Waals surface area contributed by atoms with Crippen molar-refractivity contribution in [1.29, 1.82) is 0 Å². The predicted molar refractivity (Wildman–Crippen MR) is 118 cm³/mol. The summed E-state index contributed by atoms with van der Waals surface area (Å²) in [6.45, 7) is 1.31. The van der Waals surface area contributed by atoms with Crippen molar-refractivity contribution >= 4 is 16.9 Å². The molecule has 5 rings (SSSR count). The summed E-state index contributed by atoms with van der Waals surface area (Å²) in [6, 6.07) is 29.4. The molecule has 0 spiro atoms. The lowest BCUT2D eigenvalue weighted by Gasteiger charge is -2.19. The average Bonchev–Trinajstić information content (AvgIpc) is 3.39. The van der Waals surface area contributed by atoms with Crippen LogP contribution in [0, 0.1) is 0 Å². The molecule has 3 N–H and O–H groups in total. The number of esters is 1. The highest BCUT2D eigenvalue weighted by Crippen LogP contribution is 2.38.